The van der Waals surface area contributed by atoms with E-state index < -0.39 is 5.97 Å². The molecular formula is C15H16N2O4. The molecule has 1 amide bonds. The van der Waals surface area contributed by atoms with Gasteiger partial charge in [-0.2, -0.15) is 0 Å². The number of ether oxygens (including phenoxy) is 1. The van der Waals surface area contributed by atoms with Gasteiger partial charge in [-0.3, -0.25) is 4.79 Å². The first-order valence-corrected chi connectivity index (χ1v) is 6.41. The van der Waals surface area contributed by atoms with E-state index in [4.69, 9.17) is 4.52 Å². The number of nitrogens with one attached hydrogen (secondary N) is 1. The van der Waals surface area contributed by atoms with E-state index in [0.29, 0.717) is 22.7 Å². The van der Waals surface area contributed by atoms with Crippen LogP contribution in [0.15, 0.2) is 28.8 Å². The smallest absolute Gasteiger partial charge is 0.337 e. The lowest BCUT2D eigenvalue weighted by Crippen LogP contribution is -2.15. The molecule has 0 atom stereocenters. The van der Waals surface area contributed by atoms with Crippen molar-refractivity contribution < 1.29 is 18.8 Å². The average Bonchev–Trinajstić information content (AvgIpc) is 2.78. The fourth-order valence-corrected chi connectivity index (χ4v) is 1.96. The van der Waals surface area contributed by atoms with Gasteiger partial charge in [0.05, 0.1) is 24.8 Å². The summed E-state index contributed by atoms with van der Waals surface area (Å²) < 4.78 is 9.66. The third-order valence-electron chi connectivity index (χ3n) is 3.09. The third kappa shape index (κ3) is 3.47. The van der Waals surface area contributed by atoms with E-state index >= 15 is 0 Å². The van der Waals surface area contributed by atoms with Crippen LogP contribution in [0.3, 0.4) is 0 Å². The summed E-state index contributed by atoms with van der Waals surface area (Å²) in [5, 5.41) is 6.55. The number of aromatic nitrogens is 1. The lowest BCUT2D eigenvalue weighted by Gasteiger charge is -2.06. The van der Waals surface area contributed by atoms with Gasteiger partial charge in [-0.25, -0.2) is 4.79 Å². The second-order valence-electron chi connectivity index (χ2n) is 4.60. The number of anilines is 1. The maximum atomic E-state index is 12.0. The van der Waals surface area contributed by atoms with Gasteiger partial charge in [-0.1, -0.05) is 11.2 Å². The van der Waals surface area contributed by atoms with Crippen LogP contribution < -0.4 is 5.32 Å². The minimum atomic E-state index is -0.447. The zero-order valence-electron chi connectivity index (χ0n) is 12.1. The fraction of sp³-hybridized carbons (Fsp3) is 0.267. The van der Waals surface area contributed by atoms with Gasteiger partial charge in [-0.15, -0.1) is 0 Å². The van der Waals surface area contributed by atoms with Gasteiger partial charge in [-0.05, 0) is 32.0 Å². The summed E-state index contributed by atoms with van der Waals surface area (Å²) >= 11 is 0. The van der Waals surface area contributed by atoms with E-state index in [1.807, 2.05) is 0 Å². The van der Waals surface area contributed by atoms with Crippen molar-refractivity contribution in [3.63, 3.8) is 0 Å². The van der Waals surface area contributed by atoms with Crippen molar-refractivity contribution in [1.29, 1.82) is 0 Å². The molecule has 1 heterocycles. The molecule has 1 aromatic carbocycles. The number of methoxy groups -OCH3 is 1. The molecule has 0 fully saturated rings. The van der Waals surface area contributed by atoms with Gasteiger partial charge < -0.3 is 14.6 Å². The van der Waals surface area contributed by atoms with Crippen LogP contribution in [0.2, 0.25) is 0 Å². The largest absolute Gasteiger partial charge is 0.465 e. The Morgan fingerprint density at radius 3 is 2.71 bits per heavy atom. The molecule has 110 valence electrons. The standard InChI is InChI=1S/C15H16N2O4/c1-9-13(10(2)21-17-9)8-14(18)16-12-6-4-5-11(7-12)15(19)20-3/h4-7H,8H2,1-3H3,(H,16,18). The van der Waals surface area contributed by atoms with Gasteiger partial charge in [0.1, 0.15) is 5.76 Å². The Morgan fingerprint density at radius 1 is 1.33 bits per heavy atom. The molecular weight excluding hydrogens is 272 g/mol. The fourth-order valence-electron chi connectivity index (χ4n) is 1.96. The molecule has 0 bridgehead atoms. The van der Waals surface area contributed by atoms with Crippen LogP contribution in [0.5, 0.6) is 0 Å². The summed E-state index contributed by atoms with van der Waals surface area (Å²) in [4.78, 5) is 23.5. The Labute approximate surface area is 122 Å². The van der Waals surface area contributed by atoms with E-state index in [1.54, 1.807) is 38.1 Å². The molecule has 0 saturated heterocycles. The topological polar surface area (TPSA) is 81.4 Å². The number of carbonyl (C=O) groups excluding carboxylic acids is 2. The Bertz CT molecular complexity index is 657. The van der Waals surface area contributed by atoms with Crippen molar-refractivity contribution in [2.45, 2.75) is 20.3 Å². The summed E-state index contributed by atoms with van der Waals surface area (Å²) in [5.41, 5.74) is 2.39. The van der Waals surface area contributed by atoms with Crippen LogP contribution in [0, 0.1) is 13.8 Å². The highest BCUT2D eigenvalue weighted by Gasteiger charge is 2.14. The number of aryl methyl sites for hydroxylation is 2. The minimum Gasteiger partial charge on any atom is -0.465 e. The third-order valence-corrected chi connectivity index (χ3v) is 3.09. The minimum absolute atomic E-state index is 0.170. The molecule has 6 heteroatoms. The summed E-state index contributed by atoms with van der Waals surface area (Å²) in [7, 11) is 1.31. The summed E-state index contributed by atoms with van der Waals surface area (Å²) in [6, 6.07) is 6.57. The zero-order chi connectivity index (χ0) is 15.4. The highest BCUT2D eigenvalue weighted by molar-refractivity contribution is 5.95. The van der Waals surface area contributed by atoms with Crippen molar-refractivity contribution in [3.05, 3.63) is 46.8 Å². The number of nitrogens with zero attached hydrogens (tertiary/aromatic N) is 1. The number of hydrogen-bond donors (Lipinski definition) is 1. The van der Waals surface area contributed by atoms with Gasteiger partial charge in [0.25, 0.3) is 0 Å². The lowest BCUT2D eigenvalue weighted by molar-refractivity contribution is -0.115. The van der Waals surface area contributed by atoms with Crippen LogP contribution in [-0.4, -0.2) is 24.1 Å². The second-order valence-corrected chi connectivity index (χ2v) is 4.60. The molecule has 6 nitrogen and oxygen atoms in total. The number of esters is 1. The Kier molecular flexibility index (Phi) is 4.37. The van der Waals surface area contributed by atoms with Crippen molar-refractivity contribution in [3.8, 4) is 0 Å². The summed E-state index contributed by atoms with van der Waals surface area (Å²) in [6.45, 7) is 3.55. The molecule has 21 heavy (non-hydrogen) atoms. The monoisotopic (exact) mass is 288 g/mol. The summed E-state index contributed by atoms with van der Waals surface area (Å²) in [6.07, 6.45) is 0.170. The predicted octanol–water partition coefficient (Wildman–Crippen LogP) is 2.26. The number of benzene rings is 1. The molecule has 2 aromatic rings. The van der Waals surface area contributed by atoms with Crippen molar-refractivity contribution in [2.24, 2.45) is 0 Å². The SMILES string of the molecule is COC(=O)c1cccc(NC(=O)Cc2c(C)noc2C)c1. The van der Waals surface area contributed by atoms with Crippen LogP contribution in [0.4, 0.5) is 5.69 Å². The Morgan fingerprint density at radius 2 is 2.10 bits per heavy atom. The Hall–Kier alpha value is -2.63. The first-order chi connectivity index (χ1) is 10.0. The number of rotatable bonds is 4. The molecule has 0 aliphatic carbocycles. The molecule has 0 radical (unpaired) electrons. The molecule has 0 unspecified atom stereocenters. The first-order valence-electron chi connectivity index (χ1n) is 6.41. The van der Waals surface area contributed by atoms with Crippen LogP contribution >= 0.6 is 0 Å². The van der Waals surface area contributed by atoms with Gasteiger partial charge >= 0.3 is 5.97 Å². The first kappa shape index (κ1) is 14.8. The van der Waals surface area contributed by atoms with E-state index in [-0.39, 0.29) is 12.3 Å². The quantitative estimate of drug-likeness (QED) is 0.873. The summed E-state index contributed by atoms with van der Waals surface area (Å²) in [5.74, 6) is -0.0193. The molecule has 1 N–H and O–H groups in total. The molecule has 0 aliphatic heterocycles. The van der Waals surface area contributed by atoms with E-state index in [1.165, 1.54) is 7.11 Å². The highest BCUT2D eigenvalue weighted by Crippen LogP contribution is 2.15. The van der Waals surface area contributed by atoms with Crippen LogP contribution in [0.1, 0.15) is 27.4 Å². The van der Waals surface area contributed by atoms with Gasteiger partial charge in [0.15, 0.2) is 0 Å². The predicted molar refractivity (Wildman–Crippen MR) is 76.1 cm³/mol. The van der Waals surface area contributed by atoms with Crippen LogP contribution in [-0.2, 0) is 16.0 Å². The van der Waals surface area contributed by atoms with Crippen molar-refractivity contribution in [2.75, 3.05) is 12.4 Å². The number of amides is 1. The maximum Gasteiger partial charge on any atom is 0.337 e. The molecule has 0 spiro atoms. The van der Waals surface area contributed by atoms with E-state index in [0.717, 1.165) is 5.56 Å². The molecule has 1 aromatic heterocycles. The van der Waals surface area contributed by atoms with Crippen molar-refractivity contribution >= 4 is 17.6 Å². The maximum absolute atomic E-state index is 12.0. The van der Waals surface area contributed by atoms with Gasteiger partial charge in [0.2, 0.25) is 5.91 Å². The molecule has 2 rings (SSSR count). The molecule has 0 aliphatic rings. The second kappa shape index (κ2) is 6.21. The van der Waals surface area contributed by atoms with E-state index in [9.17, 15) is 9.59 Å². The molecule has 0 saturated carbocycles. The zero-order valence-corrected chi connectivity index (χ0v) is 12.1. The van der Waals surface area contributed by atoms with E-state index in [2.05, 4.69) is 15.2 Å². The average molecular weight is 288 g/mol. The van der Waals surface area contributed by atoms with Crippen LogP contribution in [0.25, 0.3) is 0 Å². The Balaban J connectivity index is 2.08. The normalized spacial score (nSPS) is 10.2. The highest BCUT2D eigenvalue weighted by atomic mass is 16.5. The van der Waals surface area contributed by atoms with Crippen molar-refractivity contribution in [1.82, 2.24) is 5.16 Å². The number of hydrogen-bond acceptors (Lipinski definition) is 5. The number of carbonyl (C=O) groups is 2. The lowest BCUT2D eigenvalue weighted by atomic mass is 10.1. The van der Waals surface area contributed by atoms with Gasteiger partial charge in [0, 0.05) is 11.3 Å².